The molecular weight excluding hydrogens is 364 g/mol. The number of hydrogen-bond donors (Lipinski definition) is 1. The summed E-state index contributed by atoms with van der Waals surface area (Å²) in [7, 11) is 4.03. The summed E-state index contributed by atoms with van der Waals surface area (Å²) in [5.74, 6) is 2.53. The molecule has 2 aliphatic heterocycles. The fourth-order valence-corrected chi connectivity index (χ4v) is 3.85. The maximum Gasteiger partial charge on any atom is 0.229 e. The molecule has 156 valence electrons. The Kier molecular flexibility index (Phi) is 6.16. The first-order valence-corrected chi connectivity index (χ1v) is 10.6. The van der Waals surface area contributed by atoms with Crippen molar-refractivity contribution in [3.8, 4) is 0 Å². The number of nitrogens with one attached hydrogen (secondary N) is 1. The molecule has 1 atom stereocenters. The zero-order valence-corrected chi connectivity index (χ0v) is 17.8. The van der Waals surface area contributed by atoms with Crippen LogP contribution < -0.4 is 15.1 Å². The molecule has 2 aliphatic rings. The SMILES string of the molecule is Cc1ccc(Nc2cc(N(C)C)nc(N3CCN(CC4CCCO4)CC3)n2)cc1. The third-order valence-corrected chi connectivity index (χ3v) is 5.62. The molecule has 0 aliphatic carbocycles. The minimum absolute atomic E-state index is 0.417. The van der Waals surface area contributed by atoms with Gasteiger partial charge in [0, 0.05) is 65.2 Å². The highest BCUT2D eigenvalue weighted by molar-refractivity contribution is 5.62. The van der Waals surface area contributed by atoms with Crippen LogP contribution in [0.3, 0.4) is 0 Å². The third kappa shape index (κ3) is 5.16. The number of anilines is 4. The van der Waals surface area contributed by atoms with Crippen molar-refractivity contribution in [3.05, 3.63) is 35.9 Å². The molecule has 7 nitrogen and oxygen atoms in total. The molecule has 0 radical (unpaired) electrons. The molecular formula is C22H32N6O. The lowest BCUT2D eigenvalue weighted by Gasteiger charge is -2.36. The maximum absolute atomic E-state index is 5.80. The van der Waals surface area contributed by atoms with Gasteiger partial charge in [-0.2, -0.15) is 9.97 Å². The van der Waals surface area contributed by atoms with Crippen molar-refractivity contribution in [2.24, 2.45) is 0 Å². The van der Waals surface area contributed by atoms with E-state index in [9.17, 15) is 0 Å². The maximum atomic E-state index is 5.80. The minimum Gasteiger partial charge on any atom is -0.377 e. The Morgan fingerprint density at radius 2 is 1.86 bits per heavy atom. The average Bonchev–Trinajstić information content (AvgIpc) is 3.23. The fourth-order valence-electron chi connectivity index (χ4n) is 3.85. The largest absolute Gasteiger partial charge is 0.377 e. The number of benzene rings is 1. The van der Waals surface area contributed by atoms with Gasteiger partial charge in [-0.25, -0.2) is 0 Å². The molecule has 29 heavy (non-hydrogen) atoms. The van der Waals surface area contributed by atoms with Crippen LogP contribution in [0.15, 0.2) is 30.3 Å². The van der Waals surface area contributed by atoms with E-state index < -0.39 is 0 Å². The molecule has 1 aromatic carbocycles. The fraction of sp³-hybridized carbons (Fsp3) is 0.545. The Bertz CT molecular complexity index is 795. The van der Waals surface area contributed by atoms with Crippen LogP contribution in [0, 0.1) is 6.92 Å². The van der Waals surface area contributed by atoms with Crippen LogP contribution in [0.5, 0.6) is 0 Å². The lowest BCUT2D eigenvalue weighted by Crippen LogP contribution is -2.49. The smallest absolute Gasteiger partial charge is 0.229 e. The first-order chi connectivity index (χ1) is 14.1. The summed E-state index contributed by atoms with van der Waals surface area (Å²) in [6.45, 7) is 7.99. The highest BCUT2D eigenvalue weighted by Crippen LogP contribution is 2.23. The van der Waals surface area contributed by atoms with Gasteiger partial charge in [0.25, 0.3) is 0 Å². The molecule has 7 heteroatoms. The van der Waals surface area contributed by atoms with Crippen molar-refractivity contribution in [2.45, 2.75) is 25.9 Å². The topological polar surface area (TPSA) is 56.8 Å². The quantitative estimate of drug-likeness (QED) is 0.806. The Balaban J connectivity index is 1.45. The molecule has 0 amide bonds. The first kappa shape index (κ1) is 19.9. The van der Waals surface area contributed by atoms with Crippen LogP contribution in [0.1, 0.15) is 18.4 Å². The Hall–Kier alpha value is -2.38. The third-order valence-electron chi connectivity index (χ3n) is 5.62. The van der Waals surface area contributed by atoms with E-state index in [4.69, 9.17) is 14.7 Å². The van der Waals surface area contributed by atoms with Gasteiger partial charge in [0.05, 0.1) is 6.10 Å². The molecule has 4 rings (SSSR count). The van der Waals surface area contributed by atoms with Crippen LogP contribution >= 0.6 is 0 Å². The molecule has 2 saturated heterocycles. The molecule has 0 saturated carbocycles. The van der Waals surface area contributed by atoms with Crippen molar-refractivity contribution < 1.29 is 4.74 Å². The summed E-state index contributed by atoms with van der Waals surface area (Å²) in [4.78, 5) is 16.4. The summed E-state index contributed by atoms with van der Waals surface area (Å²) in [6, 6.07) is 10.4. The second-order valence-corrected chi connectivity index (χ2v) is 8.22. The van der Waals surface area contributed by atoms with E-state index in [0.717, 1.165) is 62.6 Å². The summed E-state index contributed by atoms with van der Waals surface area (Å²) in [6.07, 6.45) is 2.81. The van der Waals surface area contributed by atoms with Crippen molar-refractivity contribution in [2.75, 3.05) is 68.5 Å². The van der Waals surface area contributed by atoms with Crippen LogP contribution in [0.25, 0.3) is 0 Å². The van der Waals surface area contributed by atoms with Crippen molar-refractivity contribution in [1.82, 2.24) is 14.9 Å². The molecule has 2 aromatic rings. The van der Waals surface area contributed by atoms with Crippen LogP contribution in [-0.2, 0) is 4.74 Å². The van der Waals surface area contributed by atoms with Crippen LogP contribution in [-0.4, -0.2) is 74.4 Å². The molecule has 0 spiro atoms. The number of rotatable bonds is 6. The van der Waals surface area contributed by atoms with Crippen molar-refractivity contribution >= 4 is 23.3 Å². The molecule has 1 unspecified atom stereocenters. The zero-order chi connectivity index (χ0) is 20.2. The molecule has 3 heterocycles. The van der Waals surface area contributed by atoms with Crippen LogP contribution in [0.4, 0.5) is 23.3 Å². The Morgan fingerprint density at radius 3 is 2.52 bits per heavy atom. The van der Waals surface area contributed by atoms with E-state index in [1.54, 1.807) is 0 Å². The lowest BCUT2D eigenvalue weighted by atomic mass is 10.2. The second kappa shape index (κ2) is 8.97. The number of aryl methyl sites for hydroxylation is 1. The number of aromatic nitrogens is 2. The number of piperazine rings is 1. The van der Waals surface area contributed by atoms with E-state index in [0.29, 0.717) is 6.10 Å². The van der Waals surface area contributed by atoms with Gasteiger partial charge in [-0.05, 0) is 31.9 Å². The van der Waals surface area contributed by atoms with Gasteiger partial charge < -0.3 is 19.9 Å². The molecule has 0 bridgehead atoms. The zero-order valence-electron chi connectivity index (χ0n) is 17.8. The predicted octanol–water partition coefficient (Wildman–Crippen LogP) is 2.90. The van der Waals surface area contributed by atoms with Gasteiger partial charge in [-0.1, -0.05) is 17.7 Å². The number of nitrogens with zero attached hydrogens (tertiary/aromatic N) is 5. The van der Waals surface area contributed by atoms with Gasteiger partial charge in [-0.15, -0.1) is 0 Å². The minimum atomic E-state index is 0.417. The van der Waals surface area contributed by atoms with E-state index in [-0.39, 0.29) is 0 Å². The monoisotopic (exact) mass is 396 g/mol. The standard InChI is InChI=1S/C22H32N6O/c1-17-6-8-18(9-7-17)23-20-15-21(26(2)3)25-22(24-20)28-12-10-27(11-13-28)16-19-5-4-14-29-19/h6-9,15,19H,4-5,10-14,16H2,1-3H3,(H,23,24,25). The molecule has 2 fully saturated rings. The predicted molar refractivity (Wildman–Crippen MR) is 118 cm³/mol. The lowest BCUT2D eigenvalue weighted by molar-refractivity contribution is 0.0712. The summed E-state index contributed by atoms with van der Waals surface area (Å²) in [5, 5.41) is 3.43. The average molecular weight is 397 g/mol. The first-order valence-electron chi connectivity index (χ1n) is 10.6. The van der Waals surface area contributed by atoms with Gasteiger partial charge in [-0.3, -0.25) is 4.90 Å². The summed E-state index contributed by atoms with van der Waals surface area (Å²) < 4.78 is 5.80. The summed E-state index contributed by atoms with van der Waals surface area (Å²) >= 11 is 0. The van der Waals surface area contributed by atoms with E-state index in [1.807, 2.05) is 25.1 Å². The van der Waals surface area contributed by atoms with Crippen molar-refractivity contribution in [3.63, 3.8) is 0 Å². The van der Waals surface area contributed by atoms with Crippen LogP contribution in [0.2, 0.25) is 0 Å². The molecule has 1 aromatic heterocycles. The number of ether oxygens (including phenoxy) is 1. The van der Waals surface area contributed by atoms with Crippen molar-refractivity contribution in [1.29, 1.82) is 0 Å². The highest BCUT2D eigenvalue weighted by Gasteiger charge is 2.24. The van der Waals surface area contributed by atoms with Gasteiger partial charge >= 0.3 is 0 Å². The highest BCUT2D eigenvalue weighted by atomic mass is 16.5. The van der Waals surface area contributed by atoms with Gasteiger partial charge in [0.2, 0.25) is 5.95 Å². The molecule has 1 N–H and O–H groups in total. The van der Waals surface area contributed by atoms with E-state index >= 15 is 0 Å². The van der Waals surface area contributed by atoms with E-state index in [2.05, 4.69) is 46.3 Å². The number of hydrogen-bond acceptors (Lipinski definition) is 7. The van der Waals surface area contributed by atoms with Gasteiger partial charge in [0.1, 0.15) is 11.6 Å². The van der Waals surface area contributed by atoms with E-state index in [1.165, 1.54) is 18.4 Å². The summed E-state index contributed by atoms with van der Waals surface area (Å²) in [5.41, 5.74) is 2.28. The van der Waals surface area contributed by atoms with Gasteiger partial charge in [0.15, 0.2) is 0 Å². The second-order valence-electron chi connectivity index (χ2n) is 8.22. The Labute approximate surface area is 173 Å². The Morgan fingerprint density at radius 1 is 1.10 bits per heavy atom. The normalized spacial score (nSPS) is 20.1.